The Morgan fingerprint density at radius 3 is 2.83 bits per heavy atom. The molecule has 1 aliphatic heterocycles. The van der Waals surface area contributed by atoms with E-state index in [1.165, 1.54) is 22.7 Å². The first-order valence-corrected chi connectivity index (χ1v) is 8.76. The van der Waals surface area contributed by atoms with E-state index >= 15 is 0 Å². The molecule has 0 saturated carbocycles. The first kappa shape index (κ1) is 14.2. The molecule has 0 bridgehead atoms. The fourth-order valence-electron chi connectivity index (χ4n) is 2.23. The summed E-state index contributed by atoms with van der Waals surface area (Å²) >= 11 is 2.80. The summed E-state index contributed by atoms with van der Waals surface area (Å²) < 4.78 is 11.1. The van der Waals surface area contributed by atoms with Gasteiger partial charge in [-0.3, -0.25) is 10.1 Å². The van der Waals surface area contributed by atoms with Crippen LogP contribution in [0.3, 0.4) is 0 Å². The number of thiophene rings is 1. The van der Waals surface area contributed by atoms with Crippen LogP contribution in [-0.4, -0.2) is 24.1 Å². The van der Waals surface area contributed by atoms with Crippen molar-refractivity contribution in [2.45, 2.75) is 0 Å². The van der Waals surface area contributed by atoms with E-state index < -0.39 is 0 Å². The molecule has 0 fully saturated rings. The van der Waals surface area contributed by atoms with Crippen molar-refractivity contribution in [3.8, 4) is 22.8 Å². The van der Waals surface area contributed by atoms with Gasteiger partial charge in [0.15, 0.2) is 16.6 Å². The minimum absolute atomic E-state index is 0.136. The lowest BCUT2D eigenvalue weighted by atomic mass is 10.1. The van der Waals surface area contributed by atoms with Crippen LogP contribution >= 0.6 is 22.7 Å². The van der Waals surface area contributed by atoms with E-state index in [1.54, 1.807) is 6.07 Å². The van der Waals surface area contributed by atoms with Crippen molar-refractivity contribution in [3.63, 3.8) is 0 Å². The molecule has 1 N–H and O–H groups in total. The third-order valence-corrected chi connectivity index (χ3v) is 4.93. The molecule has 1 aromatic carbocycles. The molecule has 7 heteroatoms. The number of amides is 1. The van der Waals surface area contributed by atoms with E-state index in [4.69, 9.17) is 9.47 Å². The molecular weight excluding hydrogens is 332 g/mol. The fourth-order valence-corrected chi connectivity index (χ4v) is 3.57. The Bertz CT molecular complexity index is 843. The van der Waals surface area contributed by atoms with Crippen LogP contribution in [0.15, 0.2) is 41.1 Å². The van der Waals surface area contributed by atoms with Crippen LogP contribution in [0, 0.1) is 0 Å². The standard InChI is InChI=1S/C16H12N2O3S2/c19-15(14-2-1-7-22-14)18-16-17-11(9-23-16)10-3-4-12-13(8-10)21-6-5-20-12/h1-4,7-9H,5-6H2,(H,17,18,19). The number of benzene rings is 1. The van der Waals surface area contributed by atoms with Crippen molar-refractivity contribution in [3.05, 3.63) is 46.0 Å². The number of carbonyl (C=O) groups is 1. The van der Waals surface area contributed by atoms with Crippen LogP contribution < -0.4 is 14.8 Å². The molecule has 5 nitrogen and oxygen atoms in total. The number of hydrogen-bond donors (Lipinski definition) is 1. The van der Waals surface area contributed by atoms with Crippen molar-refractivity contribution in [1.82, 2.24) is 4.98 Å². The normalized spacial score (nSPS) is 12.9. The van der Waals surface area contributed by atoms with Crippen molar-refractivity contribution in [1.29, 1.82) is 0 Å². The molecule has 3 aromatic rings. The number of aromatic nitrogens is 1. The molecule has 0 aliphatic carbocycles. The van der Waals surface area contributed by atoms with Gasteiger partial charge in [0.25, 0.3) is 5.91 Å². The summed E-state index contributed by atoms with van der Waals surface area (Å²) in [6, 6.07) is 9.37. The Morgan fingerprint density at radius 1 is 1.13 bits per heavy atom. The van der Waals surface area contributed by atoms with E-state index in [-0.39, 0.29) is 5.91 Å². The van der Waals surface area contributed by atoms with Gasteiger partial charge >= 0.3 is 0 Å². The predicted octanol–water partition coefficient (Wildman–Crippen LogP) is 3.90. The van der Waals surface area contributed by atoms with Crippen molar-refractivity contribution < 1.29 is 14.3 Å². The Labute approximate surface area is 140 Å². The van der Waals surface area contributed by atoms with Gasteiger partial charge < -0.3 is 9.47 Å². The molecule has 1 aliphatic rings. The topological polar surface area (TPSA) is 60.5 Å². The first-order valence-electron chi connectivity index (χ1n) is 7.00. The second-order valence-corrected chi connectivity index (χ2v) is 6.63. The van der Waals surface area contributed by atoms with Gasteiger partial charge in [-0.25, -0.2) is 4.98 Å². The van der Waals surface area contributed by atoms with Gasteiger partial charge in [0, 0.05) is 10.9 Å². The summed E-state index contributed by atoms with van der Waals surface area (Å²) in [5.41, 5.74) is 1.73. The molecule has 3 heterocycles. The summed E-state index contributed by atoms with van der Waals surface area (Å²) in [6.07, 6.45) is 0. The van der Waals surface area contributed by atoms with Gasteiger partial charge in [0.05, 0.1) is 10.6 Å². The Morgan fingerprint density at radius 2 is 2.00 bits per heavy atom. The summed E-state index contributed by atoms with van der Waals surface area (Å²) in [4.78, 5) is 17.2. The Balaban J connectivity index is 1.55. The average Bonchev–Trinajstić information content (AvgIpc) is 3.26. The zero-order chi connectivity index (χ0) is 15.6. The van der Waals surface area contributed by atoms with Gasteiger partial charge in [0.2, 0.25) is 0 Å². The average molecular weight is 344 g/mol. The summed E-state index contributed by atoms with van der Waals surface area (Å²) in [5, 5.41) is 7.18. The SMILES string of the molecule is O=C(Nc1nc(-c2ccc3c(c2)OCCO3)cs1)c1cccs1. The lowest BCUT2D eigenvalue weighted by molar-refractivity contribution is 0.103. The van der Waals surface area contributed by atoms with E-state index in [1.807, 2.05) is 35.0 Å². The maximum Gasteiger partial charge on any atom is 0.267 e. The third kappa shape index (κ3) is 2.93. The summed E-state index contributed by atoms with van der Waals surface area (Å²) in [5.74, 6) is 1.34. The Kier molecular flexibility index (Phi) is 3.72. The highest BCUT2D eigenvalue weighted by Gasteiger charge is 2.15. The maximum atomic E-state index is 12.0. The zero-order valence-electron chi connectivity index (χ0n) is 11.9. The molecule has 23 heavy (non-hydrogen) atoms. The zero-order valence-corrected chi connectivity index (χ0v) is 13.6. The second-order valence-electron chi connectivity index (χ2n) is 4.83. The summed E-state index contributed by atoms with van der Waals surface area (Å²) in [6.45, 7) is 1.12. The molecule has 0 saturated heterocycles. The number of anilines is 1. The minimum Gasteiger partial charge on any atom is -0.486 e. The number of nitrogens with zero attached hydrogens (tertiary/aromatic N) is 1. The van der Waals surface area contributed by atoms with E-state index in [9.17, 15) is 4.79 Å². The highest BCUT2D eigenvalue weighted by atomic mass is 32.1. The first-order chi connectivity index (χ1) is 11.3. The predicted molar refractivity (Wildman–Crippen MR) is 90.8 cm³/mol. The Hall–Kier alpha value is -2.38. The number of nitrogens with one attached hydrogen (secondary N) is 1. The minimum atomic E-state index is -0.136. The van der Waals surface area contributed by atoms with Crippen LogP contribution in [0.2, 0.25) is 0 Å². The molecule has 0 unspecified atom stereocenters. The molecule has 0 spiro atoms. The number of carbonyl (C=O) groups excluding carboxylic acids is 1. The molecular formula is C16H12N2O3S2. The number of rotatable bonds is 3. The fraction of sp³-hybridized carbons (Fsp3) is 0.125. The summed E-state index contributed by atoms with van der Waals surface area (Å²) in [7, 11) is 0. The van der Waals surface area contributed by atoms with Gasteiger partial charge in [-0.05, 0) is 29.6 Å². The number of fused-ring (bicyclic) bond motifs is 1. The van der Waals surface area contributed by atoms with E-state index in [2.05, 4.69) is 10.3 Å². The van der Waals surface area contributed by atoms with Gasteiger partial charge in [-0.1, -0.05) is 6.07 Å². The lowest BCUT2D eigenvalue weighted by Gasteiger charge is -2.18. The highest BCUT2D eigenvalue weighted by Crippen LogP contribution is 2.35. The second kappa shape index (κ2) is 6.02. The molecule has 0 radical (unpaired) electrons. The number of thiazole rings is 1. The smallest absolute Gasteiger partial charge is 0.267 e. The van der Waals surface area contributed by atoms with Crippen LogP contribution in [0.5, 0.6) is 11.5 Å². The lowest BCUT2D eigenvalue weighted by Crippen LogP contribution is -2.15. The quantitative estimate of drug-likeness (QED) is 0.783. The van der Waals surface area contributed by atoms with Crippen LogP contribution in [0.25, 0.3) is 11.3 Å². The number of hydrogen-bond acceptors (Lipinski definition) is 6. The molecule has 116 valence electrons. The van der Waals surface area contributed by atoms with Gasteiger partial charge in [-0.15, -0.1) is 22.7 Å². The van der Waals surface area contributed by atoms with Crippen molar-refractivity contribution in [2.75, 3.05) is 18.5 Å². The van der Waals surface area contributed by atoms with Gasteiger partial charge in [-0.2, -0.15) is 0 Å². The maximum absolute atomic E-state index is 12.0. The van der Waals surface area contributed by atoms with Crippen molar-refractivity contribution in [2.24, 2.45) is 0 Å². The highest BCUT2D eigenvalue weighted by molar-refractivity contribution is 7.14. The van der Waals surface area contributed by atoms with Crippen molar-refractivity contribution >= 4 is 33.7 Å². The van der Waals surface area contributed by atoms with E-state index in [0.29, 0.717) is 23.2 Å². The van der Waals surface area contributed by atoms with Crippen LogP contribution in [0.1, 0.15) is 9.67 Å². The monoisotopic (exact) mass is 344 g/mol. The molecule has 2 aromatic heterocycles. The molecule has 0 atom stereocenters. The third-order valence-electron chi connectivity index (χ3n) is 3.31. The van der Waals surface area contributed by atoms with Crippen LogP contribution in [0.4, 0.5) is 5.13 Å². The number of ether oxygens (including phenoxy) is 2. The van der Waals surface area contributed by atoms with Gasteiger partial charge in [0.1, 0.15) is 13.2 Å². The molecule has 1 amide bonds. The van der Waals surface area contributed by atoms with E-state index in [0.717, 1.165) is 22.8 Å². The largest absolute Gasteiger partial charge is 0.486 e. The van der Waals surface area contributed by atoms with Crippen LogP contribution in [-0.2, 0) is 0 Å². The molecule has 4 rings (SSSR count).